The maximum atomic E-state index is 4.40. The number of piperazine rings is 1. The van der Waals surface area contributed by atoms with Crippen molar-refractivity contribution in [3.63, 3.8) is 0 Å². The van der Waals surface area contributed by atoms with Gasteiger partial charge in [-0.1, -0.05) is 13.8 Å². The van der Waals surface area contributed by atoms with E-state index in [1.165, 1.54) is 6.42 Å². The highest BCUT2D eigenvalue weighted by atomic mass is 15.2. The van der Waals surface area contributed by atoms with Gasteiger partial charge in [0, 0.05) is 45.8 Å². The molecule has 0 radical (unpaired) electrons. The molecule has 1 saturated heterocycles. The topological polar surface area (TPSA) is 44.3 Å². The first-order valence-corrected chi connectivity index (χ1v) is 7.15. The lowest BCUT2D eigenvalue weighted by atomic mass is 10.1. The predicted molar refractivity (Wildman–Crippen MR) is 79.8 cm³/mol. The zero-order valence-electron chi connectivity index (χ0n) is 12.3. The van der Waals surface area contributed by atoms with Crippen molar-refractivity contribution < 1.29 is 0 Å². The van der Waals surface area contributed by atoms with Crippen LogP contribution in [0.15, 0.2) is 12.4 Å². The molecule has 0 aromatic carbocycles. The zero-order valence-corrected chi connectivity index (χ0v) is 12.3. The summed E-state index contributed by atoms with van der Waals surface area (Å²) in [6.07, 6.45) is 2.86. The summed E-state index contributed by atoms with van der Waals surface area (Å²) in [4.78, 5) is 13.3. The average Bonchev–Trinajstić information content (AvgIpc) is 2.46. The highest BCUT2D eigenvalue weighted by Gasteiger charge is 2.13. The zero-order chi connectivity index (χ0) is 13.7. The molecule has 1 N–H and O–H groups in total. The van der Waals surface area contributed by atoms with Gasteiger partial charge in [0.25, 0.3) is 0 Å². The van der Waals surface area contributed by atoms with Gasteiger partial charge in [-0.15, -0.1) is 0 Å². The van der Waals surface area contributed by atoms with Gasteiger partial charge in [0.05, 0.1) is 0 Å². The summed E-state index contributed by atoms with van der Waals surface area (Å²) in [6.45, 7) is 9.64. The van der Waals surface area contributed by atoms with Crippen LogP contribution in [0, 0.1) is 5.92 Å². The molecule has 1 aliphatic rings. The van der Waals surface area contributed by atoms with Gasteiger partial charge in [-0.25, -0.2) is 9.97 Å². The third-order valence-electron chi connectivity index (χ3n) is 3.51. The molecule has 5 nitrogen and oxygen atoms in total. The van der Waals surface area contributed by atoms with Gasteiger partial charge in [-0.05, 0) is 12.3 Å². The number of rotatable bonds is 5. The summed E-state index contributed by atoms with van der Waals surface area (Å²) in [6, 6.07) is 2.10. The highest BCUT2D eigenvalue weighted by Crippen LogP contribution is 2.17. The molecular formula is C14H25N5. The number of anilines is 2. The van der Waals surface area contributed by atoms with Crippen LogP contribution in [0.4, 0.5) is 11.6 Å². The molecule has 0 saturated carbocycles. The van der Waals surface area contributed by atoms with Crippen LogP contribution in [0.1, 0.15) is 20.3 Å². The fourth-order valence-electron chi connectivity index (χ4n) is 2.18. The Labute approximate surface area is 116 Å². The third kappa shape index (κ3) is 4.06. The lowest BCUT2D eigenvalue weighted by Gasteiger charge is -2.29. The maximum absolute atomic E-state index is 4.40. The molecule has 1 aromatic rings. The fraction of sp³-hybridized carbons (Fsp3) is 0.714. The summed E-state index contributed by atoms with van der Waals surface area (Å²) in [5.41, 5.74) is 0. The monoisotopic (exact) mass is 263 g/mol. The Morgan fingerprint density at radius 1 is 1.32 bits per heavy atom. The molecule has 106 valence electrons. The number of hydrogen-bond donors (Lipinski definition) is 1. The quantitative estimate of drug-likeness (QED) is 0.869. The molecule has 1 aliphatic heterocycles. The van der Waals surface area contributed by atoms with Crippen molar-refractivity contribution in [1.29, 1.82) is 0 Å². The van der Waals surface area contributed by atoms with E-state index in [-0.39, 0.29) is 0 Å². The minimum atomic E-state index is 0.719. The number of nitrogens with zero attached hydrogens (tertiary/aromatic N) is 4. The van der Waals surface area contributed by atoms with Crippen LogP contribution in [0.25, 0.3) is 0 Å². The Hall–Kier alpha value is -1.36. The molecule has 0 atom stereocenters. The molecule has 2 rings (SSSR count). The lowest BCUT2D eigenvalue weighted by molar-refractivity contribution is 0.580. The summed E-state index contributed by atoms with van der Waals surface area (Å²) in [5.74, 6) is 2.78. The van der Waals surface area contributed by atoms with Gasteiger partial charge in [-0.2, -0.15) is 0 Å². The van der Waals surface area contributed by atoms with Gasteiger partial charge in [-0.3, -0.25) is 0 Å². The van der Waals surface area contributed by atoms with Crippen molar-refractivity contribution in [2.24, 2.45) is 5.92 Å². The Kier molecular flexibility index (Phi) is 4.96. The fourth-order valence-corrected chi connectivity index (χ4v) is 2.18. The van der Waals surface area contributed by atoms with Crippen LogP contribution in [-0.4, -0.2) is 49.7 Å². The predicted octanol–water partition coefficient (Wildman–Crippen LogP) is 1.37. The lowest BCUT2D eigenvalue weighted by Crippen LogP contribution is -2.44. The first kappa shape index (κ1) is 14.1. The molecule has 0 amide bonds. The van der Waals surface area contributed by atoms with E-state index in [0.29, 0.717) is 0 Å². The minimum Gasteiger partial charge on any atom is -0.360 e. The maximum Gasteiger partial charge on any atom is 0.134 e. The molecule has 2 heterocycles. The number of hydrogen-bond acceptors (Lipinski definition) is 5. The van der Waals surface area contributed by atoms with E-state index in [1.54, 1.807) is 6.33 Å². The summed E-state index contributed by atoms with van der Waals surface area (Å²) in [5, 5.41) is 3.36. The second-order valence-electron chi connectivity index (χ2n) is 5.58. The molecular weight excluding hydrogens is 238 g/mol. The second kappa shape index (κ2) is 6.70. The van der Waals surface area contributed by atoms with E-state index < -0.39 is 0 Å². The number of nitrogens with one attached hydrogen (secondary N) is 1. The van der Waals surface area contributed by atoms with E-state index in [2.05, 4.69) is 52.0 Å². The van der Waals surface area contributed by atoms with Crippen LogP contribution in [-0.2, 0) is 0 Å². The molecule has 0 aliphatic carbocycles. The first-order chi connectivity index (χ1) is 9.16. The summed E-state index contributed by atoms with van der Waals surface area (Å²) >= 11 is 0. The van der Waals surface area contributed by atoms with Gasteiger partial charge in [0.1, 0.15) is 18.0 Å². The van der Waals surface area contributed by atoms with E-state index in [0.717, 1.165) is 50.3 Å². The average molecular weight is 263 g/mol. The van der Waals surface area contributed by atoms with Crippen molar-refractivity contribution in [2.45, 2.75) is 20.3 Å². The normalized spacial score (nSPS) is 15.9. The second-order valence-corrected chi connectivity index (χ2v) is 5.58. The molecule has 1 aromatic heterocycles. The Bertz CT molecular complexity index is 387. The van der Waals surface area contributed by atoms with E-state index in [4.69, 9.17) is 0 Å². The van der Waals surface area contributed by atoms with E-state index >= 15 is 0 Å². The van der Waals surface area contributed by atoms with Crippen molar-refractivity contribution in [3.05, 3.63) is 12.4 Å². The Balaban J connectivity index is 2.01. The van der Waals surface area contributed by atoms with Gasteiger partial charge in [0.2, 0.25) is 0 Å². The van der Waals surface area contributed by atoms with Gasteiger partial charge in [0.15, 0.2) is 0 Å². The molecule has 0 bridgehead atoms. The van der Waals surface area contributed by atoms with Crippen molar-refractivity contribution >= 4 is 11.6 Å². The van der Waals surface area contributed by atoms with Crippen LogP contribution >= 0.6 is 0 Å². The standard InChI is InChI=1S/C14H25N5/c1-12(2)4-7-18(3)13-10-14(17-11-16-13)19-8-5-15-6-9-19/h10-12,15H,4-9H2,1-3H3. The highest BCUT2D eigenvalue weighted by molar-refractivity contribution is 5.49. The molecule has 1 fully saturated rings. The van der Waals surface area contributed by atoms with Crippen molar-refractivity contribution in [2.75, 3.05) is 49.6 Å². The SMILES string of the molecule is CC(C)CCN(C)c1cc(N2CCNCC2)ncn1. The van der Waals surface area contributed by atoms with Crippen molar-refractivity contribution in [1.82, 2.24) is 15.3 Å². The number of aromatic nitrogens is 2. The van der Waals surface area contributed by atoms with E-state index in [9.17, 15) is 0 Å². The van der Waals surface area contributed by atoms with Gasteiger partial charge < -0.3 is 15.1 Å². The third-order valence-corrected chi connectivity index (χ3v) is 3.51. The van der Waals surface area contributed by atoms with Crippen LogP contribution in [0.3, 0.4) is 0 Å². The summed E-state index contributed by atoms with van der Waals surface area (Å²) < 4.78 is 0. The Morgan fingerprint density at radius 2 is 2.05 bits per heavy atom. The molecule has 0 unspecified atom stereocenters. The minimum absolute atomic E-state index is 0.719. The Morgan fingerprint density at radius 3 is 2.74 bits per heavy atom. The van der Waals surface area contributed by atoms with Gasteiger partial charge >= 0.3 is 0 Å². The van der Waals surface area contributed by atoms with Crippen LogP contribution < -0.4 is 15.1 Å². The molecule has 0 spiro atoms. The first-order valence-electron chi connectivity index (χ1n) is 7.15. The summed E-state index contributed by atoms with van der Waals surface area (Å²) in [7, 11) is 2.10. The van der Waals surface area contributed by atoms with E-state index in [1.807, 2.05) is 0 Å². The smallest absolute Gasteiger partial charge is 0.134 e. The molecule has 19 heavy (non-hydrogen) atoms. The van der Waals surface area contributed by atoms with Crippen LogP contribution in [0.5, 0.6) is 0 Å². The largest absolute Gasteiger partial charge is 0.360 e. The van der Waals surface area contributed by atoms with Crippen LogP contribution in [0.2, 0.25) is 0 Å². The molecule has 5 heteroatoms. The van der Waals surface area contributed by atoms with Crippen molar-refractivity contribution in [3.8, 4) is 0 Å².